The van der Waals surface area contributed by atoms with E-state index in [0.29, 0.717) is 30.5 Å². The van der Waals surface area contributed by atoms with E-state index in [2.05, 4.69) is 10.5 Å². The van der Waals surface area contributed by atoms with E-state index in [4.69, 9.17) is 9.47 Å². The van der Waals surface area contributed by atoms with Crippen LogP contribution in [0.5, 0.6) is 11.5 Å². The van der Waals surface area contributed by atoms with Gasteiger partial charge in [-0.05, 0) is 49.7 Å². The van der Waals surface area contributed by atoms with Gasteiger partial charge in [0.25, 0.3) is 0 Å². The highest BCUT2D eigenvalue weighted by Gasteiger charge is 2.05. The second kappa shape index (κ2) is 10.4. The van der Waals surface area contributed by atoms with Gasteiger partial charge in [0, 0.05) is 4.90 Å². The smallest absolute Gasteiger partial charge is 0.250 e. The summed E-state index contributed by atoms with van der Waals surface area (Å²) >= 11 is 1.47. The van der Waals surface area contributed by atoms with Gasteiger partial charge in [-0.2, -0.15) is 5.10 Å². The molecule has 132 valence electrons. The molecule has 0 heterocycles. The maximum absolute atomic E-state index is 11.8. The number of ether oxygens (including phenoxy) is 2. The maximum Gasteiger partial charge on any atom is 0.250 e. The highest BCUT2D eigenvalue weighted by Crippen LogP contribution is 2.27. The first-order valence-corrected chi connectivity index (χ1v) is 9.11. The number of nitrogens with zero attached hydrogens (tertiary/aromatic N) is 1. The molecule has 0 fully saturated rings. The number of nitrogens with one attached hydrogen (secondary N) is 1. The van der Waals surface area contributed by atoms with Gasteiger partial charge in [-0.15, -0.1) is 11.8 Å². The predicted octanol–water partition coefficient (Wildman–Crippen LogP) is 3.73. The Bertz CT molecular complexity index is 705. The summed E-state index contributed by atoms with van der Waals surface area (Å²) in [6.45, 7) is 4.96. The third kappa shape index (κ3) is 6.51. The van der Waals surface area contributed by atoms with E-state index in [1.54, 1.807) is 6.21 Å². The number of hydrogen-bond donors (Lipinski definition) is 1. The van der Waals surface area contributed by atoms with Gasteiger partial charge in [0.1, 0.15) is 0 Å². The SMILES string of the molecule is CCOc1ccc(/C=N\NC(=O)CSc2ccccc2)cc1OCC. The number of hydrogen-bond acceptors (Lipinski definition) is 5. The number of carbonyl (C=O) groups is 1. The molecule has 0 aliphatic carbocycles. The Morgan fingerprint density at radius 2 is 1.80 bits per heavy atom. The molecule has 5 nitrogen and oxygen atoms in total. The number of carbonyl (C=O) groups excluding carboxylic acids is 1. The minimum absolute atomic E-state index is 0.152. The molecule has 2 rings (SSSR count). The Morgan fingerprint density at radius 1 is 1.08 bits per heavy atom. The van der Waals surface area contributed by atoms with Gasteiger partial charge < -0.3 is 9.47 Å². The summed E-state index contributed by atoms with van der Waals surface area (Å²) in [5.41, 5.74) is 3.35. The minimum Gasteiger partial charge on any atom is -0.490 e. The molecule has 2 aromatic carbocycles. The number of hydrazone groups is 1. The van der Waals surface area contributed by atoms with Crippen molar-refractivity contribution >= 4 is 23.9 Å². The lowest BCUT2D eigenvalue weighted by atomic mass is 10.2. The highest BCUT2D eigenvalue weighted by molar-refractivity contribution is 8.00. The number of benzene rings is 2. The lowest BCUT2D eigenvalue weighted by Crippen LogP contribution is -2.19. The lowest BCUT2D eigenvalue weighted by molar-refractivity contribution is -0.118. The first kappa shape index (κ1) is 18.9. The molecule has 0 bridgehead atoms. The van der Waals surface area contributed by atoms with Crippen molar-refractivity contribution < 1.29 is 14.3 Å². The molecule has 0 aliphatic rings. The van der Waals surface area contributed by atoms with Crippen LogP contribution in [0.1, 0.15) is 19.4 Å². The van der Waals surface area contributed by atoms with Crippen LogP contribution in [0, 0.1) is 0 Å². The second-order valence-electron chi connectivity index (χ2n) is 4.97. The van der Waals surface area contributed by atoms with Crippen LogP contribution < -0.4 is 14.9 Å². The summed E-state index contributed by atoms with van der Waals surface area (Å²) in [6.07, 6.45) is 1.59. The fourth-order valence-electron chi connectivity index (χ4n) is 2.02. The van der Waals surface area contributed by atoms with Gasteiger partial charge in [-0.1, -0.05) is 18.2 Å². The van der Waals surface area contributed by atoms with Gasteiger partial charge in [0.15, 0.2) is 11.5 Å². The molecule has 0 atom stereocenters. The third-order valence-electron chi connectivity index (χ3n) is 3.08. The molecule has 0 saturated heterocycles. The van der Waals surface area contributed by atoms with E-state index in [9.17, 15) is 4.79 Å². The average Bonchev–Trinajstić information content (AvgIpc) is 2.63. The predicted molar refractivity (Wildman–Crippen MR) is 102 cm³/mol. The molecular weight excluding hydrogens is 336 g/mol. The van der Waals surface area contributed by atoms with Crippen LogP contribution in [0.25, 0.3) is 0 Å². The Kier molecular flexibility index (Phi) is 7.85. The van der Waals surface area contributed by atoms with Crippen molar-refractivity contribution in [1.82, 2.24) is 5.43 Å². The Labute approximate surface area is 152 Å². The van der Waals surface area contributed by atoms with E-state index >= 15 is 0 Å². The third-order valence-corrected chi connectivity index (χ3v) is 4.10. The Hall–Kier alpha value is -2.47. The Balaban J connectivity index is 1.88. The first-order valence-electron chi connectivity index (χ1n) is 8.12. The molecular formula is C19H22N2O3S. The summed E-state index contributed by atoms with van der Waals surface area (Å²) in [4.78, 5) is 12.9. The zero-order valence-electron chi connectivity index (χ0n) is 14.4. The van der Waals surface area contributed by atoms with Crippen molar-refractivity contribution in [2.75, 3.05) is 19.0 Å². The quantitative estimate of drug-likeness (QED) is 0.422. The summed E-state index contributed by atoms with van der Waals surface area (Å²) < 4.78 is 11.1. The van der Waals surface area contributed by atoms with Gasteiger partial charge in [0.05, 0.1) is 25.2 Å². The van der Waals surface area contributed by atoms with Crippen LogP contribution in [0.15, 0.2) is 58.5 Å². The molecule has 1 amide bonds. The molecule has 1 N–H and O–H groups in total. The van der Waals surface area contributed by atoms with Crippen molar-refractivity contribution in [3.63, 3.8) is 0 Å². The zero-order chi connectivity index (χ0) is 17.9. The van der Waals surface area contributed by atoms with Gasteiger partial charge in [-0.25, -0.2) is 5.43 Å². The highest BCUT2D eigenvalue weighted by atomic mass is 32.2. The van der Waals surface area contributed by atoms with Gasteiger partial charge in [-0.3, -0.25) is 4.79 Å². The second-order valence-corrected chi connectivity index (χ2v) is 6.02. The molecule has 0 aliphatic heterocycles. The molecule has 6 heteroatoms. The summed E-state index contributed by atoms with van der Waals surface area (Å²) in [6, 6.07) is 15.3. The van der Waals surface area contributed by atoms with E-state index < -0.39 is 0 Å². The largest absolute Gasteiger partial charge is 0.490 e. The normalized spacial score (nSPS) is 10.6. The summed E-state index contributed by atoms with van der Waals surface area (Å²) in [7, 11) is 0. The number of amides is 1. The molecule has 2 aromatic rings. The fraction of sp³-hybridized carbons (Fsp3) is 0.263. The molecule has 0 unspecified atom stereocenters. The van der Waals surface area contributed by atoms with Crippen LogP contribution in [0.4, 0.5) is 0 Å². The Morgan fingerprint density at radius 3 is 2.52 bits per heavy atom. The minimum atomic E-state index is -0.152. The van der Waals surface area contributed by atoms with Crippen LogP contribution in [0.2, 0.25) is 0 Å². The van der Waals surface area contributed by atoms with Crippen molar-refractivity contribution in [3.05, 3.63) is 54.1 Å². The zero-order valence-corrected chi connectivity index (χ0v) is 15.2. The van der Waals surface area contributed by atoms with Crippen LogP contribution >= 0.6 is 11.8 Å². The van der Waals surface area contributed by atoms with E-state index in [0.717, 1.165) is 10.5 Å². The number of thioether (sulfide) groups is 1. The lowest BCUT2D eigenvalue weighted by Gasteiger charge is -2.11. The number of rotatable bonds is 9. The van der Waals surface area contributed by atoms with Gasteiger partial charge in [0.2, 0.25) is 5.91 Å². The van der Waals surface area contributed by atoms with Crippen LogP contribution in [-0.4, -0.2) is 31.1 Å². The molecule has 0 saturated carbocycles. The summed E-state index contributed by atoms with van der Waals surface area (Å²) in [5, 5.41) is 4.00. The maximum atomic E-state index is 11.8. The van der Waals surface area contributed by atoms with E-state index in [1.807, 2.05) is 62.4 Å². The molecule has 25 heavy (non-hydrogen) atoms. The van der Waals surface area contributed by atoms with Crippen LogP contribution in [0.3, 0.4) is 0 Å². The van der Waals surface area contributed by atoms with E-state index in [1.165, 1.54) is 11.8 Å². The topological polar surface area (TPSA) is 59.9 Å². The molecule has 0 aromatic heterocycles. The van der Waals surface area contributed by atoms with Crippen LogP contribution in [-0.2, 0) is 4.79 Å². The average molecular weight is 358 g/mol. The van der Waals surface area contributed by atoms with Crippen molar-refractivity contribution in [3.8, 4) is 11.5 Å². The van der Waals surface area contributed by atoms with Crippen molar-refractivity contribution in [1.29, 1.82) is 0 Å². The first-order chi connectivity index (χ1) is 12.2. The molecule has 0 spiro atoms. The van der Waals surface area contributed by atoms with Gasteiger partial charge >= 0.3 is 0 Å². The standard InChI is InChI=1S/C19H22N2O3S/c1-3-23-17-11-10-15(12-18(17)24-4-2)13-20-21-19(22)14-25-16-8-6-5-7-9-16/h5-13H,3-4,14H2,1-2H3,(H,21,22)/b20-13-. The summed E-state index contributed by atoms with van der Waals surface area (Å²) in [5.74, 6) is 1.53. The van der Waals surface area contributed by atoms with Crippen molar-refractivity contribution in [2.24, 2.45) is 5.10 Å². The fourth-order valence-corrected chi connectivity index (χ4v) is 2.74. The molecule has 0 radical (unpaired) electrons. The van der Waals surface area contributed by atoms with Crippen molar-refractivity contribution in [2.45, 2.75) is 18.7 Å². The monoisotopic (exact) mass is 358 g/mol. The van der Waals surface area contributed by atoms with E-state index in [-0.39, 0.29) is 5.91 Å².